The highest BCUT2D eigenvalue weighted by Crippen LogP contribution is 2.43. The van der Waals surface area contributed by atoms with Crippen LogP contribution in [0.4, 0.5) is 5.13 Å². The van der Waals surface area contributed by atoms with Crippen LogP contribution < -0.4 is 14.5 Å². The molecule has 2 aliphatic heterocycles. The number of hydrogen-bond donors (Lipinski definition) is 0. The SMILES string of the molecule is C1=CCC(C2=NN(c3nc(-c4ccccc4)cs3)C(c3ccc4c(c3)OCO4)C2)=C1. The van der Waals surface area contributed by atoms with Crippen molar-refractivity contribution in [3.05, 3.63) is 83.3 Å². The van der Waals surface area contributed by atoms with Crippen molar-refractivity contribution in [1.29, 1.82) is 0 Å². The van der Waals surface area contributed by atoms with Crippen LogP contribution in [0.5, 0.6) is 11.5 Å². The van der Waals surface area contributed by atoms with E-state index in [2.05, 4.69) is 52.9 Å². The van der Waals surface area contributed by atoms with E-state index < -0.39 is 0 Å². The van der Waals surface area contributed by atoms with Gasteiger partial charge in [-0.1, -0.05) is 54.6 Å². The van der Waals surface area contributed by atoms with Crippen molar-refractivity contribution in [2.24, 2.45) is 5.10 Å². The Hall–Kier alpha value is -3.38. The average Bonchev–Trinajstić information content (AvgIpc) is 3.59. The number of nitrogens with zero attached hydrogens (tertiary/aromatic N) is 3. The van der Waals surface area contributed by atoms with Crippen LogP contribution in [-0.4, -0.2) is 17.5 Å². The van der Waals surface area contributed by atoms with Crippen molar-refractivity contribution in [3.63, 3.8) is 0 Å². The van der Waals surface area contributed by atoms with E-state index >= 15 is 0 Å². The van der Waals surface area contributed by atoms with Crippen molar-refractivity contribution in [2.45, 2.75) is 18.9 Å². The highest BCUT2D eigenvalue weighted by Gasteiger charge is 2.33. The number of hydrazone groups is 1. The van der Waals surface area contributed by atoms with Crippen molar-refractivity contribution < 1.29 is 9.47 Å². The molecule has 1 aliphatic carbocycles. The number of thiazole rings is 1. The molecule has 0 bridgehead atoms. The Balaban J connectivity index is 1.38. The molecule has 2 aromatic carbocycles. The van der Waals surface area contributed by atoms with Crippen LogP contribution in [-0.2, 0) is 0 Å². The summed E-state index contributed by atoms with van der Waals surface area (Å²) in [6, 6.07) is 16.5. The Morgan fingerprint density at radius 2 is 1.93 bits per heavy atom. The summed E-state index contributed by atoms with van der Waals surface area (Å²) in [5.41, 5.74) is 5.65. The Morgan fingerprint density at radius 1 is 1.03 bits per heavy atom. The summed E-state index contributed by atoms with van der Waals surface area (Å²) >= 11 is 1.63. The molecule has 6 heteroatoms. The Labute approximate surface area is 178 Å². The van der Waals surface area contributed by atoms with Crippen molar-refractivity contribution >= 4 is 22.2 Å². The zero-order chi connectivity index (χ0) is 19.9. The van der Waals surface area contributed by atoms with Gasteiger partial charge >= 0.3 is 0 Å². The van der Waals surface area contributed by atoms with Crippen LogP contribution in [0.3, 0.4) is 0 Å². The standard InChI is InChI=1S/C24H19N3O2S/c1-2-6-17(7-3-1)20-14-30-24(25-20)27-21(13-19(26-27)16-8-4-5-9-16)18-10-11-22-23(12-18)29-15-28-22/h1-8,10-12,14,21H,9,13,15H2. The summed E-state index contributed by atoms with van der Waals surface area (Å²) in [6.07, 6.45) is 8.22. The van der Waals surface area contributed by atoms with Gasteiger partial charge in [0.2, 0.25) is 11.9 Å². The number of fused-ring (bicyclic) bond motifs is 1. The molecule has 1 unspecified atom stereocenters. The molecule has 1 atom stereocenters. The first kappa shape index (κ1) is 17.5. The van der Waals surface area contributed by atoms with Crippen LogP contribution in [0.2, 0.25) is 0 Å². The Bertz CT molecular complexity index is 1200. The maximum atomic E-state index is 5.62. The predicted molar refractivity (Wildman–Crippen MR) is 119 cm³/mol. The Kier molecular flexibility index (Phi) is 4.16. The van der Waals surface area contributed by atoms with E-state index in [-0.39, 0.29) is 12.8 Å². The van der Waals surface area contributed by atoms with Gasteiger partial charge in [-0.2, -0.15) is 5.10 Å². The lowest BCUT2D eigenvalue weighted by Crippen LogP contribution is -2.18. The molecule has 5 nitrogen and oxygen atoms in total. The second-order valence-electron chi connectivity index (χ2n) is 7.43. The molecule has 148 valence electrons. The molecule has 0 saturated heterocycles. The van der Waals surface area contributed by atoms with Crippen LogP contribution >= 0.6 is 11.3 Å². The zero-order valence-corrected chi connectivity index (χ0v) is 17.0. The number of rotatable bonds is 4. The highest BCUT2D eigenvalue weighted by atomic mass is 32.1. The highest BCUT2D eigenvalue weighted by molar-refractivity contribution is 7.14. The molecule has 1 aromatic heterocycles. The first-order valence-electron chi connectivity index (χ1n) is 9.98. The fraction of sp³-hybridized carbons (Fsp3) is 0.167. The molecule has 6 rings (SSSR count). The van der Waals surface area contributed by atoms with Gasteiger partial charge in [-0.25, -0.2) is 9.99 Å². The molecular weight excluding hydrogens is 394 g/mol. The lowest BCUT2D eigenvalue weighted by atomic mass is 9.98. The van der Waals surface area contributed by atoms with Gasteiger partial charge in [-0.15, -0.1) is 11.3 Å². The van der Waals surface area contributed by atoms with E-state index in [1.165, 1.54) is 5.57 Å². The third-order valence-corrected chi connectivity index (χ3v) is 6.42. The third-order valence-electron chi connectivity index (χ3n) is 5.59. The molecule has 30 heavy (non-hydrogen) atoms. The summed E-state index contributed by atoms with van der Waals surface area (Å²) in [6.45, 7) is 0.278. The summed E-state index contributed by atoms with van der Waals surface area (Å²) in [7, 11) is 0. The molecule has 0 N–H and O–H groups in total. The van der Waals surface area contributed by atoms with Gasteiger partial charge in [0, 0.05) is 17.4 Å². The molecule has 0 fully saturated rings. The topological polar surface area (TPSA) is 47.0 Å². The summed E-state index contributed by atoms with van der Waals surface area (Å²) < 4.78 is 11.1. The first-order valence-corrected chi connectivity index (χ1v) is 10.9. The first-order chi connectivity index (χ1) is 14.8. The van der Waals surface area contributed by atoms with E-state index in [1.807, 2.05) is 24.3 Å². The van der Waals surface area contributed by atoms with E-state index in [0.717, 1.165) is 52.0 Å². The van der Waals surface area contributed by atoms with Crippen LogP contribution in [0.25, 0.3) is 11.3 Å². The van der Waals surface area contributed by atoms with E-state index in [4.69, 9.17) is 19.6 Å². The van der Waals surface area contributed by atoms with Gasteiger partial charge in [0.1, 0.15) is 0 Å². The minimum absolute atomic E-state index is 0.0748. The predicted octanol–water partition coefficient (Wildman–Crippen LogP) is 5.73. The van der Waals surface area contributed by atoms with Gasteiger partial charge < -0.3 is 9.47 Å². The van der Waals surface area contributed by atoms with Gasteiger partial charge in [0.05, 0.1) is 17.4 Å². The van der Waals surface area contributed by atoms with Crippen LogP contribution in [0, 0.1) is 0 Å². The lowest BCUT2D eigenvalue weighted by Gasteiger charge is -2.21. The quantitative estimate of drug-likeness (QED) is 0.548. The second kappa shape index (κ2) is 7.15. The van der Waals surface area contributed by atoms with E-state index in [0.29, 0.717) is 0 Å². The largest absolute Gasteiger partial charge is 0.454 e. The smallest absolute Gasteiger partial charge is 0.231 e. The van der Waals surface area contributed by atoms with E-state index in [1.54, 1.807) is 11.3 Å². The summed E-state index contributed by atoms with van der Waals surface area (Å²) in [5, 5.41) is 10.1. The Morgan fingerprint density at radius 3 is 2.80 bits per heavy atom. The number of ether oxygens (including phenoxy) is 2. The lowest BCUT2D eigenvalue weighted by molar-refractivity contribution is 0.174. The van der Waals surface area contributed by atoms with Gasteiger partial charge in [0.15, 0.2) is 11.5 Å². The number of anilines is 1. The van der Waals surface area contributed by atoms with Gasteiger partial charge in [-0.3, -0.25) is 0 Å². The molecule has 0 spiro atoms. The normalized spacial score (nSPS) is 19.3. The minimum Gasteiger partial charge on any atom is -0.454 e. The third kappa shape index (κ3) is 3.00. The maximum absolute atomic E-state index is 5.62. The fourth-order valence-corrected chi connectivity index (χ4v) is 4.87. The summed E-state index contributed by atoms with van der Waals surface area (Å²) in [5.74, 6) is 1.60. The monoisotopic (exact) mass is 413 g/mol. The molecule has 3 aromatic rings. The van der Waals surface area contributed by atoms with Crippen molar-refractivity contribution in [3.8, 4) is 22.8 Å². The molecule has 3 aliphatic rings. The maximum Gasteiger partial charge on any atom is 0.231 e. The van der Waals surface area contributed by atoms with Gasteiger partial charge in [-0.05, 0) is 29.7 Å². The van der Waals surface area contributed by atoms with Crippen LogP contribution in [0.1, 0.15) is 24.4 Å². The zero-order valence-electron chi connectivity index (χ0n) is 16.2. The molecule has 0 radical (unpaired) electrons. The number of allylic oxidation sites excluding steroid dienone is 4. The average molecular weight is 414 g/mol. The minimum atomic E-state index is 0.0748. The van der Waals surface area contributed by atoms with Crippen molar-refractivity contribution in [2.75, 3.05) is 11.8 Å². The number of aromatic nitrogens is 1. The second-order valence-corrected chi connectivity index (χ2v) is 8.27. The summed E-state index contributed by atoms with van der Waals surface area (Å²) in [4.78, 5) is 4.92. The fourth-order valence-electron chi connectivity index (χ4n) is 4.03. The molecule has 3 heterocycles. The number of benzene rings is 2. The van der Waals surface area contributed by atoms with E-state index in [9.17, 15) is 0 Å². The number of hydrogen-bond acceptors (Lipinski definition) is 6. The van der Waals surface area contributed by atoms with Crippen molar-refractivity contribution in [1.82, 2.24) is 4.98 Å². The molecule has 0 saturated carbocycles. The van der Waals surface area contributed by atoms with Crippen LogP contribution in [0.15, 0.2) is 82.8 Å². The van der Waals surface area contributed by atoms with Gasteiger partial charge in [0.25, 0.3) is 0 Å². The molecule has 0 amide bonds. The molecular formula is C24H19N3O2S.